The van der Waals surface area contributed by atoms with E-state index < -0.39 is 0 Å². The quantitative estimate of drug-likeness (QED) is 0.189. The molecule has 0 saturated heterocycles. The third-order valence-corrected chi connectivity index (χ3v) is 10.1. The van der Waals surface area contributed by atoms with Gasteiger partial charge in [-0.2, -0.15) is 0 Å². The molecule has 1 atom stereocenters. The molecule has 0 saturated carbocycles. The van der Waals surface area contributed by atoms with Crippen molar-refractivity contribution in [3.63, 3.8) is 0 Å². The van der Waals surface area contributed by atoms with Crippen molar-refractivity contribution in [2.24, 2.45) is 0 Å². The van der Waals surface area contributed by atoms with Gasteiger partial charge in [0.15, 0.2) is 5.58 Å². The second-order valence-corrected chi connectivity index (χ2v) is 12.9. The first-order valence-corrected chi connectivity index (χ1v) is 17.0. The molecule has 7 aromatic carbocycles. The maximum Gasteiger partial charge on any atom is 0.159 e. The highest BCUT2D eigenvalue weighted by molar-refractivity contribution is 6.10. The van der Waals surface area contributed by atoms with Crippen LogP contribution < -0.4 is 4.90 Å². The van der Waals surface area contributed by atoms with Crippen molar-refractivity contribution < 1.29 is 4.42 Å². The molecular weight excluding hydrogens is 597 g/mol. The van der Waals surface area contributed by atoms with E-state index in [1.807, 2.05) is 6.07 Å². The summed E-state index contributed by atoms with van der Waals surface area (Å²) in [7, 11) is 0. The van der Waals surface area contributed by atoms with E-state index in [1.54, 1.807) is 0 Å². The number of furan rings is 1. The fraction of sp³-hybridized carbons (Fsp3) is 0.0435. The van der Waals surface area contributed by atoms with Crippen molar-refractivity contribution >= 4 is 65.9 Å². The predicted molar refractivity (Wildman–Crippen MR) is 206 cm³/mol. The highest BCUT2D eigenvalue weighted by Gasteiger charge is 2.23. The van der Waals surface area contributed by atoms with Gasteiger partial charge in [-0.3, -0.25) is 0 Å². The monoisotopic (exact) mass is 628 g/mol. The Morgan fingerprint density at radius 1 is 0.551 bits per heavy atom. The van der Waals surface area contributed by atoms with Crippen LogP contribution in [0.3, 0.4) is 0 Å². The van der Waals surface area contributed by atoms with Crippen molar-refractivity contribution in [2.75, 3.05) is 4.90 Å². The van der Waals surface area contributed by atoms with Gasteiger partial charge in [-0.25, -0.2) is 0 Å². The van der Waals surface area contributed by atoms with Gasteiger partial charge in [0, 0.05) is 44.0 Å². The number of benzene rings is 7. The Labute approximate surface area is 284 Å². The van der Waals surface area contributed by atoms with Crippen LogP contribution >= 0.6 is 0 Å². The van der Waals surface area contributed by atoms with Gasteiger partial charge in [0.2, 0.25) is 0 Å². The van der Waals surface area contributed by atoms with Gasteiger partial charge >= 0.3 is 0 Å². The SMILES string of the molecule is C1=CC(n2c3ccccc3c3ccccc32)CC=C1N(c1ccc(-c2cccc3ccccc23)cc1)c1cccc2c1oc1ccccc12. The number of hydrogen-bond acceptors (Lipinski definition) is 2. The lowest BCUT2D eigenvalue weighted by molar-refractivity contribution is 0.643. The number of para-hydroxylation sites is 4. The molecule has 9 aromatic rings. The molecule has 49 heavy (non-hydrogen) atoms. The molecule has 0 N–H and O–H groups in total. The lowest BCUT2D eigenvalue weighted by Crippen LogP contribution is -2.18. The summed E-state index contributed by atoms with van der Waals surface area (Å²) in [6, 6.07) is 56.6. The topological polar surface area (TPSA) is 21.3 Å². The summed E-state index contributed by atoms with van der Waals surface area (Å²) in [6.07, 6.45) is 7.91. The molecule has 3 nitrogen and oxygen atoms in total. The molecule has 2 aromatic heterocycles. The molecule has 1 unspecified atom stereocenters. The number of hydrogen-bond donors (Lipinski definition) is 0. The second-order valence-electron chi connectivity index (χ2n) is 12.9. The molecule has 0 amide bonds. The van der Waals surface area contributed by atoms with Crippen molar-refractivity contribution in [3.05, 3.63) is 182 Å². The van der Waals surface area contributed by atoms with Crippen LogP contribution in [-0.2, 0) is 0 Å². The smallest absolute Gasteiger partial charge is 0.159 e. The van der Waals surface area contributed by atoms with Crippen LogP contribution in [0.4, 0.5) is 11.4 Å². The normalized spacial score (nSPS) is 14.7. The molecule has 10 rings (SSSR count). The van der Waals surface area contributed by atoms with Gasteiger partial charge in [0.25, 0.3) is 0 Å². The lowest BCUT2D eigenvalue weighted by atomic mass is 9.98. The minimum Gasteiger partial charge on any atom is -0.454 e. The molecule has 0 spiro atoms. The number of nitrogens with zero attached hydrogens (tertiary/aromatic N) is 2. The Kier molecular flexibility index (Phi) is 6.31. The Hall–Kier alpha value is -6.32. The van der Waals surface area contributed by atoms with E-state index in [0.717, 1.165) is 45.4 Å². The Balaban J connectivity index is 1.10. The van der Waals surface area contributed by atoms with Crippen LogP contribution in [0.1, 0.15) is 12.5 Å². The van der Waals surface area contributed by atoms with Crippen molar-refractivity contribution in [2.45, 2.75) is 12.5 Å². The molecule has 1 aliphatic carbocycles. The van der Waals surface area contributed by atoms with E-state index in [1.165, 1.54) is 43.7 Å². The Morgan fingerprint density at radius 3 is 1.94 bits per heavy atom. The zero-order valence-corrected chi connectivity index (χ0v) is 26.8. The van der Waals surface area contributed by atoms with E-state index in [2.05, 4.69) is 179 Å². The van der Waals surface area contributed by atoms with Gasteiger partial charge in [-0.05, 0) is 70.8 Å². The first-order chi connectivity index (χ1) is 24.3. The van der Waals surface area contributed by atoms with E-state index in [-0.39, 0.29) is 6.04 Å². The second kappa shape index (κ2) is 11.1. The third-order valence-electron chi connectivity index (χ3n) is 10.1. The van der Waals surface area contributed by atoms with Gasteiger partial charge < -0.3 is 13.9 Å². The van der Waals surface area contributed by atoms with Crippen LogP contribution in [0.2, 0.25) is 0 Å². The molecule has 3 heteroatoms. The standard InChI is InChI=1S/C46H32N2O/c1-2-13-36-31(11-1)12-9-17-37(36)32-23-25-33(26-24-32)47(44-21-10-18-41-40-16-5-8-22-45(40)49-46(41)44)34-27-29-35(30-28-34)48-42-19-6-3-14-38(42)39-15-4-7-20-43(39)48/h1-29,35H,30H2. The Morgan fingerprint density at radius 2 is 1.18 bits per heavy atom. The fourth-order valence-electron chi connectivity index (χ4n) is 7.87. The van der Waals surface area contributed by atoms with E-state index in [4.69, 9.17) is 4.42 Å². The lowest BCUT2D eigenvalue weighted by Gasteiger charge is -2.30. The van der Waals surface area contributed by atoms with Crippen molar-refractivity contribution in [3.8, 4) is 11.1 Å². The maximum absolute atomic E-state index is 6.60. The van der Waals surface area contributed by atoms with Crippen LogP contribution in [-0.4, -0.2) is 4.57 Å². The van der Waals surface area contributed by atoms with Gasteiger partial charge in [0.1, 0.15) is 5.58 Å². The number of rotatable bonds is 5. The van der Waals surface area contributed by atoms with Crippen LogP contribution in [0.25, 0.3) is 65.6 Å². The highest BCUT2D eigenvalue weighted by atomic mass is 16.3. The maximum atomic E-state index is 6.60. The fourth-order valence-corrected chi connectivity index (χ4v) is 7.87. The minimum absolute atomic E-state index is 0.200. The summed E-state index contributed by atoms with van der Waals surface area (Å²) in [4.78, 5) is 2.36. The summed E-state index contributed by atoms with van der Waals surface area (Å²) in [6.45, 7) is 0. The zero-order chi connectivity index (χ0) is 32.3. The number of fused-ring (bicyclic) bond motifs is 7. The van der Waals surface area contributed by atoms with Gasteiger partial charge in [0.05, 0.1) is 11.7 Å². The van der Waals surface area contributed by atoms with E-state index in [9.17, 15) is 0 Å². The Bertz CT molecular complexity index is 2700. The molecular formula is C46H32N2O. The zero-order valence-electron chi connectivity index (χ0n) is 26.8. The van der Waals surface area contributed by atoms with Crippen molar-refractivity contribution in [1.82, 2.24) is 4.57 Å². The first-order valence-electron chi connectivity index (χ1n) is 17.0. The molecule has 2 heterocycles. The minimum atomic E-state index is 0.200. The highest BCUT2D eigenvalue weighted by Crippen LogP contribution is 2.43. The molecule has 0 radical (unpaired) electrons. The molecule has 0 bridgehead atoms. The summed E-state index contributed by atoms with van der Waals surface area (Å²) in [5.41, 5.74) is 10.00. The summed E-state index contributed by atoms with van der Waals surface area (Å²) in [5, 5.41) is 7.35. The third kappa shape index (κ3) is 4.43. The van der Waals surface area contributed by atoms with Crippen LogP contribution in [0, 0.1) is 0 Å². The van der Waals surface area contributed by atoms with Crippen LogP contribution in [0.15, 0.2) is 186 Å². The number of anilines is 2. The molecule has 1 aliphatic rings. The summed E-state index contributed by atoms with van der Waals surface area (Å²) in [5.74, 6) is 0. The van der Waals surface area contributed by atoms with E-state index in [0.29, 0.717) is 0 Å². The largest absolute Gasteiger partial charge is 0.454 e. The molecule has 0 fully saturated rings. The summed E-state index contributed by atoms with van der Waals surface area (Å²) >= 11 is 0. The first kappa shape index (κ1) is 27.8. The molecule has 232 valence electrons. The summed E-state index contributed by atoms with van der Waals surface area (Å²) < 4.78 is 9.10. The number of aromatic nitrogens is 1. The average Bonchev–Trinajstić information content (AvgIpc) is 3.72. The molecule has 0 aliphatic heterocycles. The average molecular weight is 629 g/mol. The van der Waals surface area contributed by atoms with E-state index >= 15 is 0 Å². The van der Waals surface area contributed by atoms with Crippen LogP contribution in [0.5, 0.6) is 0 Å². The number of allylic oxidation sites excluding steroid dienone is 3. The van der Waals surface area contributed by atoms with Crippen molar-refractivity contribution in [1.29, 1.82) is 0 Å². The van der Waals surface area contributed by atoms with Gasteiger partial charge in [-0.1, -0.05) is 133 Å². The predicted octanol–water partition coefficient (Wildman–Crippen LogP) is 12.7. The van der Waals surface area contributed by atoms with Gasteiger partial charge in [-0.15, -0.1) is 0 Å².